The van der Waals surface area contributed by atoms with Crippen molar-refractivity contribution >= 4 is 34.2 Å². The highest BCUT2D eigenvalue weighted by Gasteiger charge is 2.27. The molecular formula is C20H27N3O3S. The van der Waals surface area contributed by atoms with Gasteiger partial charge in [-0.2, -0.15) is 0 Å². The summed E-state index contributed by atoms with van der Waals surface area (Å²) in [5, 5.41) is 10.2. The van der Waals surface area contributed by atoms with Gasteiger partial charge in [0, 0.05) is 36.9 Å². The molecule has 1 aromatic carbocycles. The van der Waals surface area contributed by atoms with Crippen LogP contribution in [0.25, 0.3) is 10.9 Å². The molecule has 0 radical (unpaired) electrons. The quantitative estimate of drug-likeness (QED) is 0.615. The molecule has 7 heteroatoms. The second kappa shape index (κ2) is 7.86. The summed E-state index contributed by atoms with van der Waals surface area (Å²) in [4.78, 5) is 14.3. The molecule has 3 rings (SSSR count). The van der Waals surface area contributed by atoms with Gasteiger partial charge in [-0.1, -0.05) is 24.4 Å². The first-order chi connectivity index (χ1) is 12.8. The van der Waals surface area contributed by atoms with Gasteiger partial charge in [0.2, 0.25) is 0 Å². The fraction of sp³-hybridized carbons (Fsp3) is 0.500. The highest BCUT2D eigenvalue weighted by molar-refractivity contribution is 7.80. The third-order valence-corrected chi connectivity index (χ3v) is 5.19. The first-order valence-corrected chi connectivity index (χ1v) is 9.69. The Hall–Kier alpha value is -2.12. The molecule has 1 aliphatic heterocycles. The largest absolute Gasteiger partial charge is 0.444 e. The maximum Gasteiger partial charge on any atom is 0.410 e. The van der Waals surface area contributed by atoms with Gasteiger partial charge in [0.25, 0.3) is 0 Å². The van der Waals surface area contributed by atoms with Crippen LogP contribution in [0.5, 0.6) is 0 Å². The van der Waals surface area contributed by atoms with E-state index in [1.807, 2.05) is 44.5 Å². The molecule has 0 unspecified atom stereocenters. The van der Waals surface area contributed by atoms with Crippen molar-refractivity contribution in [3.05, 3.63) is 36.0 Å². The third-order valence-electron chi connectivity index (χ3n) is 4.86. The highest BCUT2D eigenvalue weighted by atomic mass is 32.1. The fourth-order valence-corrected chi connectivity index (χ4v) is 3.58. The van der Waals surface area contributed by atoms with Gasteiger partial charge < -0.3 is 14.2 Å². The van der Waals surface area contributed by atoms with Gasteiger partial charge in [-0.05, 0) is 57.0 Å². The number of thiocarbonyl (C=S) groups is 1. The first kappa shape index (κ1) is 19.6. The number of piperidine rings is 1. The summed E-state index contributed by atoms with van der Waals surface area (Å²) in [6, 6.07) is 7.99. The van der Waals surface area contributed by atoms with Crippen molar-refractivity contribution in [1.29, 1.82) is 0 Å². The topological polar surface area (TPSA) is 66.7 Å². The molecule has 146 valence electrons. The lowest BCUT2D eigenvalue weighted by Crippen LogP contribution is -2.42. The van der Waals surface area contributed by atoms with Gasteiger partial charge in [0.1, 0.15) is 10.6 Å². The Morgan fingerprint density at radius 3 is 2.63 bits per heavy atom. The van der Waals surface area contributed by atoms with E-state index in [1.54, 1.807) is 4.90 Å². The summed E-state index contributed by atoms with van der Waals surface area (Å²) in [5.41, 5.74) is 3.47. The normalized spacial score (nSPS) is 15.8. The number of amides is 1. The smallest absolute Gasteiger partial charge is 0.410 e. The Morgan fingerprint density at radius 1 is 1.30 bits per heavy atom. The highest BCUT2D eigenvalue weighted by Crippen LogP contribution is 2.24. The number of carbonyl (C=O) groups excluding carboxylic acids is 1. The van der Waals surface area contributed by atoms with E-state index in [0.717, 1.165) is 48.9 Å². The first-order valence-electron chi connectivity index (χ1n) is 9.28. The summed E-state index contributed by atoms with van der Waals surface area (Å²) >= 11 is 5.12. The summed E-state index contributed by atoms with van der Waals surface area (Å²) in [6.07, 6.45) is 3.77. The van der Waals surface area contributed by atoms with Crippen LogP contribution < -0.4 is 5.48 Å². The van der Waals surface area contributed by atoms with Crippen molar-refractivity contribution < 1.29 is 14.7 Å². The van der Waals surface area contributed by atoms with E-state index in [4.69, 9.17) is 22.2 Å². The van der Waals surface area contributed by atoms with Crippen molar-refractivity contribution in [2.75, 3.05) is 13.1 Å². The van der Waals surface area contributed by atoms with E-state index in [1.165, 1.54) is 0 Å². The van der Waals surface area contributed by atoms with Gasteiger partial charge in [-0.3, -0.25) is 10.7 Å². The molecule has 1 fully saturated rings. The number of aromatic nitrogens is 1. The van der Waals surface area contributed by atoms with Crippen LogP contribution in [-0.4, -0.2) is 44.4 Å². The van der Waals surface area contributed by atoms with Gasteiger partial charge in [0.15, 0.2) is 0 Å². The van der Waals surface area contributed by atoms with E-state index in [0.29, 0.717) is 10.9 Å². The number of hydrogen-bond donors (Lipinski definition) is 2. The van der Waals surface area contributed by atoms with Crippen molar-refractivity contribution in [1.82, 2.24) is 14.9 Å². The molecule has 2 N–H and O–H groups in total. The number of nitrogens with one attached hydrogen (secondary N) is 1. The number of hydrogen-bond acceptors (Lipinski definition) is 4. The van der Waals surface area contributed by atoms with E-state index >= 15 is 0 Å². The van der Waals surface area contributed by atoms with E-state index in [9.17, 15) is 4.79 Å². The molecule has 0 aliphatic carbocycles. The molecule has 0 bridgehead atoms. The third kappa shape index (κ3) is 4.78. The van der Waals surface area contributed by atoms with Crippen molar-refractivity contribution in [3.63, 3.8) is 0 Å². The van der Waals surface area contributed by atoms with Gasteiger partial charge in [0.05, 0.1) is 0 Å². The standard InChI is InChI=1S/C20H27N3O3S/c1-20(2,3)26-19(24)22-9-6-14(7-10-22)13-23-11-8-15-4-5-16(12-17(15)23)18(27)21-25/h4-5,8,11-12,14,25H,6-7,9-10,13H2,1-3H3,(H,21,27). The number of likely N-dealkylation sites (tertiary alicyclic amines) is 1. The van der Waals surface area contributed by atoms with Crippen LogP contribution in [0.1, 0.15) is 39.2 Å². The predicted molar refractivity (Wildman–Crippen MR) is 109 cm³/mol. The van der Waals surface area contributed by atoms with E-state index < -0.39 is 5.60 Å². The minimum atomic E-state index is -0.459. The Balaban J connectivity index is 1.64. The molecule has 0 spiro atoms. The van der Waals surface area contributed by atoms with Gasteiger partial charge >= 0.3 is 6.09 Å². The summed E-state index contributed by atoms with van der Waals surface area (Å²) in [7, 11) is 0. The Morgan fingerprint density at radius 2 is 2.00 bits per heavy atom. The summed E-state index contributed by atoms with van der Waals surface area (Å²) in [6.45, 7) is 8.02. The maximum atomic E-state index is 12.2. The number of ether oxygens (including phenoxy) is 1. The fourth-order valence-electron chi connectivity index (χ4n) is 3.45. The number of carbonyl (C=O) groups is 1. The second-order valence-electron chi connectivity index (χ2n) is 8.09. The Kier molecular flexibility index (Phi) is 5.72. The number of benzene rings is 1. The number of fused-ring (bicyclic) bond motifs is 1. The molecule has 2 heterocycles. The molecule has 1 amide bonds. The van der Waals surface area contributed by atoms with Crippen LogP contribution in [0.2, 0.25) is 0 Å². The van der Waals surface area contributed by atoms with Crippen LogP contribution in [0.4, 0.5) is 4.79 Å². The minimum absolute atomic E-state index is 0.220. The van der Waals surface area contributed by atoms with Gasteiger partial charge in [-0.15, -0.1) is 0 Å². The summed E-state index contributed by atoms with van der Waals surface area (Å²) in [5.74, 6) is 0.505. The maximum absolute atomic E-state index is 12.2. The van der Waals surface area contributed by atoms with E-state index in [2.05, 4.69) is 16.8 Å². The van der Waals surface area contributed by atoms with Crippen molar-refractivity contribution in [2.45, 2.75) is 45.8 Å². The molecule has 0 atom stereocenters. The van der Waals surface area contributed by atoms with Crippen LogP contribution in [0.15, 0.2) is 30.5 Å². The van der Waals surface area contributed by atoms with Crippen molar-refractivity contribution in [2.24, 2.45) is 5.92 Å². The van der Waals surface area contributed by atoms with Crippen LogP contribution in [0, 0.1) is 5.92 Å². The van der Waals surface area contributed by atoms with Crippen molar-refractivity contribution in [3.8, 4) is 0 Å². The molecular weight excluding hydrogens is 362 g/mol. The van der Waals surface area contributed by atoms with Gasteiger partial charge in [-0.25, -0.2) is 4.79 Å². The molecule has 1 saturated heterocycles. The number of rotatable bonds is 3. The molecule has 1 aliphatic rings. The average molecular weight is 390 g/mol. The Labute approximate surface area is 165 Å². The second-order valence-corrected chi connectivity index (χ2v) is 8.50. The van der Waals surface area contributed by atoms with E-state index in [-0.39, 0.29) is 6.09 Å². The zero-order valence-corrected chi connectivity index (χ0v) is 16.9. The predicted octanol–water partition coefficient (Wildman–Crippen LogP) is 3.94. The zero-order chi connectivity index (χ0) is 19.6. The molecule has 0 saturated carbocycles. The molecule has 1 aromatic heterocycles. The SMILES string of the molecule is CC(C)(C)OC(=O)N1CCC(Cn2ccc3ccc(C(=S)NO)cc32)CC1. The number of hydroxylamine groups is 1. The molecule has 2 aromatic rings. The lowest BCUT2D eigenvalue weighted by atomic mass is 9.97. The number of nitrogens with zero attached hydrogens (tertiary/aromatic N) is 2. The molecule has 6 nitrogen and oxygen atoms in total. The lowest BCUT2D eigenvalue weighted by molar-refractivity contribution is 0.0178. The zero-order valence-electron chi connectivity index (χ0n) is 16.1. The lowest BCUT2D eigenvalue weighted by Gasteiger charge is -2.33. The monoisotopic (exact) mass is 389 g/mol. The van der Waals surface area contributed by atoms with Crippen LogP contribution >= 0.6 is 12.2 Å². The van der Waals surface area contributed by atoms with Crippen LogP contribution in [-0.2, 0) is 11.3 Å². The van der Waals surface area contributed by atoms with Crippen LogP contribution in [0.3, 0.4) is 0 Å². The minimum Gasteiger partial charge on any atom is -0.444 e. The summed E-state index contributed by atoms with van der Waals surface area (Å²) < 4.78 is 7.69. The Bertz CT molecular complexity index is 833. The molecule has 27 heavy (non-hydrogen) atoms. The average Bonchev–Trinajstić information content (AvgIpc) is 3.02.